The first-order valence-corrected chi connectivity index (χ1v) is 11.7. The van der Waals surface area contributed by atoms with Crippen LogP contribution in [0.15, 0.2) is 93.3 Å². The van der Waals surface area contributed by atoms with Gasteiger partial charge < -0.3 is 11.1 Å². The number of guanidine groups is 1. The number of hydrogen-bond donors (Lipinski definition) is 2. The van der Waals surface area contributed by atoms with Gasteiger partial charge in [-0.3, -0.25) is 0 Å². The number of hydrazone groups is 1. The lowest BCUT2D eigenvalue weighted by Gasteiger charge is -2.18. The number of nitrogens with one attached hydrogen (secondary N) is 1. The van der Waals surface area contributed by atoms with E-state index in [-0.39, 0.29) is 16.8 Å². The van der Waals surface area contributed by atoms with Gasteiger partial charge in [-0.2, -0.15) is 13.5 Å². The van der Waals surface area contributed by atoms with Gasteiger partial charge in [-0.05, 0) is 47.5 Å². The first-order chi connectivity index (χ1) is 15.4. The molecule has 9 heteroatoms. The molecule has 1 heterocycles. The van der Waals surface area contributed by atoms with Crippen LogP contribution in [-0.4, -0.2) is 38.7 Å². The monoisotopic (exact) mass is 467 g/mol. The summed E-state index contributed by atoms with van der Waals surface area (Å²) in [5.41, 5.74) is 9.30. The number of nitrogens with two attached hydrogens (primary N) is 1. The molecule has 0 bridgehead atoms. The van der Waals surface area contributed by atoms with Gasteiger partial charge in [0, 0.05) is 23.7 Å². The number of halogens is 1. The van der Waals surface area contributed by atoms with E-state index in [2.05, 4.69) is 9.71 Å². The van der Waals surface area contributed by atoms with Crippen molar-refractivity contribution in [2.75, 3.05) is 19.3 Å². The maximum absolute atomic E-state index is 12.9. The zero-order chi connectivity index (χ0) is 22.7. The highest BCUT2D eigenvalue weighted by molar-refractivity contribution is 7.90. The molecule has 3 aromatic carbocycles. The summed E-state index contributed by atoms with van der Waals surface area (Å²) >= 11 is 5.88. The second kappa shape index (κ2) is 9.02. The van der Waals surface area contributed by atoms with E-state index < -0.39 is 10.0 Å². The Labute approximate surface area is 192 Å². The minimum atomic E-state index is -3.96. The quantitative estimate of drug-likeness (QED) is 0.346. The van der Waals surface area contributed by atoms with Crippen molar-refractivity contribution in [2.45, 2.75) is 10.8 Å². The number of rotatable bonds is 4. The van der Waals surface area contributed by atoms with Gasteiger partial charge in [0.1, 0.15) is 0 Å². The van der Waals surface area contributed by atoms with E-state index in [1.807, 2.05) is 54.6 Å². The number of benzene rings is 3. The van der Waals surface area contributed by atoms with Crippen LogP contribution in [0.5, 0.6) is 0 Å². The third kappa shape index (κ3) is 4.61. The van der Waals surface area contributed by atoms with Gasteiger partial charge in [-0.25, -0.2) is 5.01 Å². The van der Waals surface area contributed by atoms with Gasteiger partial charge in [0.15, 0.2) is 0 Å². The number of sulfonamides is 1. The highest BCUT2D eigenvalue weighted by Crippen LogP contribution is 2.29. The molecule has 1 unspecified atom stereocenters. The Morgan fingerprint density at radius 3 is 2.34 bits per heavy atom. The zero-order valence-electron chi connectivity index (χ0n) is 17.3. The Kier molecular flexibility index (Phi) is 6.16. The fourth-order valence-corrected chi connectivity index (χ4v) is 4.61. The van der Waals surface area contributed by atoms with E-state index in [1.165, 1.54) is 24.3 Å². The van der Waals surface area contributed by atoms with Gasteiger partial charge in [0.05, 0.1) is 17.2 Å². The van der Waals surface area contributed by atoms with Crippen molar-refractivity contribution in [3.8, 4) is 0 Å². The van der Waals surface area contributed by atoms with E-state index in [0.717, 1.165) is 16.8 Å². The summed E-state index contributed by atoms with van der Waals surface area (Å²) in [5, 5.41) is 9.65. The molecule has 1 aliphatic heterocycles. The van der Waals surface area contributed by atoms with E-state index in [0.29, 0.717) is 17.3 Å². The molecule has 4 rings (SSSR count). The maximum atomic E-state index is 12.9. The molecule has 0 saturated heterocycles. The van der Waals surface area contributed by atoms with Crippen LogP contribution in [0, 0.1) is 0 Å². The number of anilines is 1. The summed E-state index contributed by atoms with van der Waals surface area (Å²) in [4.78, 5) is 0.0520. The Hall–Kier alpha value is -3.36. The van der Waals surface area contributed by atoms with Gasteiger partial charge in [-0.15, -0.1) is 4.40 Å². The summed E-state index contributed by atoms with van der Waals surface area (Å²) in [6, 6.07) is 23.3. The molecule has 0 radical (unpaired) electrons. The molecular weight excluding hydrogens is 446 g/mol. The second-order valence-corrected chi connectivity index (χ2v) is 9.29. The van der Waals surface area contributed by atoms with Crippen LogP contribution in [0.3, 0.4) is 0 Å². The minimum Gasteiger partial charge on any atom is -0.399 e. The predicted molar refractivity (Wildman–Crippen MR) is 128 cm³/mol. The van der Waals surface area contributed by atoms with Gasteiger partial charge in [0.25, 0.3) is 10.0 Å². The first kappa shape index (κ1) is 21.9. The molecule has 1 aliphatic rings. The zero-order valence-corrected chi connectivity index (χ0v) is 18.9. The van der Waals surface area contributed by atoms with E-state index in [4.69, 9.17) is 22.4 Å². The van der Waals surface area contributed by atoms with Crippen molar-refractivity contribution in [3.63, 3.8) is 0 Å². The fraction of sp³-hybridized carbons (Fsp3) is 0.130. The molecule has 3 aromatic rings. The van der Waals surface area contributed by atoms with Gasteiger partial charge in [0.2, 0.25) is 5.96 Å². The highest BCUT2D eigenvalue weighted by Gasteiger charge is 2.32. The SMILES string of the molecule is CN/C(=N\S(=O)(=O)c1ccc(Cl)cc1)N1CC(c2ccccc2)C(c2ccc(N)cc2)=N1. The van der Waals surface area contributed by atoms with Crippen LogP contribution >= 0.6 is 11.6 Å². The van der Waals surface area contributed by atoms with E-state index >= 15 is 0 Å². The summed E-state index contributed by atoms with van der Waals surface area (Å²) in [5.74, 6) is 0.0583. The normalized spacial score (nSPS) is 16.7. The second-order valence-electron chi connectivity index (χ2n) is 7.25. The molecule has 0 aromatic heterocycles. The average Bonchev–Trinajstić information content (AvgIpc) is 3.24. The lowest BCUT2D eigenvalue weighted by Crippen LogP contribution is -2.36. The molecule has 0 saturated carbocycles. The van der Waals surface area contributed by atoms with Gasteiger partial charge in [-0.1, -0.05) is 54.1 Å². The fourth-order valence-electron chi connectivity index (χ4n) is 3.49. The number of hydrogen-bond acceptors (Lipinski definition) is 4. The number of nitrogens with zero attached hydrogens (tertiary/aromatic N) is 3. The summed E-state index contributed by atoms with van der Waals surface area (Å²) in [6.45, 7) is 0.430. The van der Waals surface area contributed by atoms with Crippen LogP contribution in [0.1, 0.15) is 17.0 Å². The molecule has 0 aliphatic carbocycles. The maximum Gasteiger partial charge on any atom is 0.285 e. The van der Waals surface area contributed by atoms with Crippen LogP contribution < -0.4 is 11.1 Å². The van der Waals surface area contributed by atoms with Crippen molar-refractivity contribution >= 4 is 39.0 Å². The van der Waals surface area contributed by atoms with Gasteiger partial charge >= 0.3 is 0 Å². The Bertz CT molecular complexity index is 1260. The molecule has 32 heavy (non-hydrogen) atoms. The van der Waals surface area contributed by atoms with Crippen molar-refractivity contribution in [3.05, 3.63) is 95.0 Å². The van der Waals surface area contributed by atoms with Crippen molar-refractivity contribution in [1.29, 1.82) is 0 Å². The highest BCUT2D eigenvalue weighted by atomic mass is 35.5. The molecular formula is C23H22ClN5O2S. The lowest BCUT2D eigenvalue weighted by molar-refractivity contribution is 0.460. The molecule has 0 spiro atoms. The summed E-state index contributed by atoms with van der Waals surface area (Å²) < 4.78 is 29.7. The van der Waals surface area contributed by atoms with Crippen LogP contribution in [0.25, 0.3) is 0 Å². The van der Waals surface area contributed by atoms with Crippen LogP contribution in [-0.2, 0) is 10.0 Å². The van der Waals surface area contributed by atoms with E-state index in [1.54, 1.807) is 12.1 Å². The smallest absolute Gasteiger partial charge is 0.285 e. The Morgan fingerprint density at radius 2 is 1.72 bits per heavy atom. The topological polar surface area (TPSA) is 100 Å². The van der Waals surface area contributed by atoms with Crippen molar-refractivity contribution in [2.24, 2.45) is 9.50 Å². The predicted octanol–water partition coefficient (Wildman–Crippen LogP) is 3.69. The lowest BCUT2D eigenvalue weighted by atomic mass is 9.90. The summed E-state index contributed by atoms with van der Waals surface area (Å²) in [6.07, 6.45) is 0. The average molecular weight is 468 g/mol. The molecule has 3 N–H and O–H groups in total. The largest absolute Gasteiger partial charge is 0.399 e. The van der Waals surface area contributed by atoms with Crippen molar-refractivity contribution in [1.82, 2.24) is 10.3 Å². The minimum absolute atomic E-state index is 0.0520. The Balaban J connectivity index is 1.73. The van der Waals surface area contributed by atoms with E-state index in [9.17, 15) is 8.42 Å². The molecule has 0 amide bonds. The van der Waals surface area contributed by atoms with Crippen LogP contribution in [0.2, 0.25) is 5.02 Å². The third-order valence-corrected chi connectivity index (χ3v) is 6.64. The number of nitrogen functional groups attached to an aromatic ring is 1. The summed E-state index contributed by atoms with van der Waals surface area (Å²) in [7, 11) is -2.34. The van der Waals surface area contributed by atoms with Crippen LogP contribution in [0.4, 0.5) is 5.69 Å². The standard InChI is InChI=1S/C23H22ClN5O2S/c1-26-23(28-32(30,31)20-13-9-18(24)10-14-20)29-15-21(16-5-3-2-4-6-16)22(27-29)17-7-11-19(25)12-8-17/h2-14,21H,15,25H2,1H3,(H,26,28). The Morgan fingerprint density at radius 1 is 1.06 bits per heavy atom. The molecule has 0 fully saturated rings. The molecule has 1 atom stereocenters. The molecule has 164 valence electrons. The third-order valence-electron chi connectivity index (χ3n) is 5.11. The first-order valence-electron chi connectivity index (χ1n) is 9.92. The molecule has 7 nitrogen and oxygen atoms in total. The van der Waals surface area contributed by atoms with Crippen molar-refractivity contribution < 1.29 is 8.42 Å².